The molecule has 0 spiro atoms. The number of benzene rings is 1. The topological polar surface area (TPSA) is 144 Å². The van der Waals surface area contributed by atoms with E-state index in [2.05, 4.69) is 17.9 Å². The van der Waals surface area contributed by atoms with Gasteiger partial charge in [-0.15, -0.1) is 0 Å². The lowest BCUT2D eigenvalue weighted by molar-refractivity contribution is -0.141. The molecule has 0 heterocycles. The maximum absolute atomic E-state index is 13.0. The minimum absolute atomic E-state index is 0.241. The average molecular weight is 401 g/mol. The molecule has 148 valence electrons. The van der Waals surface area contributed by atoms with Crippen molar-refractivity contribution in [3.63, 3.8) is 0 Å². The molecule has 0 aliphatic heterocycles. The van der Waals surface area contributed by atoms with Crippen molar-refractivity contribution < 1.29 is 38.9 Å². The van der Waals surface area contributed by atoms with Crippen molar-refractivity contribution in [2.45, 2.75) is 31.5 Å². The molecule has 0 radical (unpaired) electrons. The number of thiol groups is 1. The third-order valence-corrected chi connectivity index (χ3v) is 3.95. The summed E-state index contributed by atoms with van der Waals surface area (Å²) in [7, 11) is 0. The van der Waals surface area contributed by atoms with Gasteiger partial charge in [0.1, 0.15) is 17.9 Å². The molecule has 2 atom stereocenters. The third kappa shape index (κ3) is 7.13. The minimum atomic E-state index is -1.52. The second-order valence-corrected chi connectivity index (χ2v) is 5.93. The molecule has 1 rings (SSSR count). The zero-order valence-corrected chi connectivity index (χ0v) is 14.9. The highest BCUT2D eigenvalue weighted by Gasteiger charge is 2.31. The quantitative estimate of drug-likeness (QED) is 0.368. The number of nitrogens with zero attached hydrogens (tertiary/aromatic N) is 1. The van der Waals surface area contributed by atoms with E-state index >= 15 is 0 Å². The summed E-state index contributed by atoms with van der Waals surface area (Å²) in [4.78, 5) is 46.7. The van der Waals surface area contributed by atoms with Gasteiger partial charge in [-0.05, 0) is 24.1 Å². The van der Waals surface area contributed by atoms with Gasteiger partial charge in [-0.1, -0.05) is 12.1 Å². The Hall–Kier alpha value is -2.82. The van der Waals surface area contributed by atoms with E-state index in [1.54, 1.807) is 0 Å². The molecule has 1 aromatic rings. The van der Waals surface area contributed by atoms with Gasteiger partial charge in [0.2, 0.25) is 0 Å². The van der Waals surface area contributed by atoms with Gasteiger partial charge in [0.05, 0.1) is 0 Å². The largest absolute Gasteiger partial charge is 0.481 e. The smallest absolute Gasteiger partial charge is 0.327 e. The summed E-state index contributed by atoms with van der Waals surface area (Å²) in [5.74, 6) is -4.82. The SMILES string of the molecule is O=C(O)CCC(NC(=O)N(Cc1ccc([18F])cc1)C(CS)C(=O)O)C(=O)O. The van der Waals surface area contributed by atoms with Gasteiger partial charge in [-0.3, -0.25) is 4.79 Å². The first-order valence-electron chi connectivity index (χ1n) is 7.75. The summed E-state index contributed by atoms with van der Waals surface area (Å²) in [6.45, 7) is -0.241. The molecular formula is C16H19FN2O7S. The number of carboxylic acid groups (broad SMARTS) is 3. The second-order valence-electron chi connectivity index (χ2n) is 5.56. The number of hydrogen-bond donors (Lipinski definition) is 5. The van der Waals surface area contributed by atoms with Crippen LogP contribution in [-0.4, -0.2) is 62.0 Å². The van der Waals surface area contributed by atoms with Gasteiger partial charge in [-0.25, -0.2) is 18.8 Å². The summed E-state index contributed by atoms with van der Waals surface area (Å²) in [6, 6.07) is 1.06. The van der Waals surface area contributed by atoms with Crippen LogP contribution in [0.3, 0.4) is 0 Å². The van der Waals surface area contributed by atoms with Crippen LogP contribution in [0.2, 0.25) is 0 Å². The number of nitrogens with one attached hydrogen (secondary N) is 1. The number of halogens is 1. The highest BCUT2D eigenvalue weighted by atomic mass is 32.1. The summed E-state index contributed by atoms with van der Waals surface area (Å²) < 4.78 is 13.0. The van der Waals surface area contributed by atoms with E-state index < -0.39 is 48.3 Å². The summed E-state index contributed by atoms with van der Waals surface area (Å²) >= 11 is 3.91. The maximum atomic E-state index is 13.0. The lowest BCUT2D eigenvalue weighted by Crippen LogP contribution is -2.53. The van der Waals surface area contributed by atoms with Crippen LogP contribution in [-0.2, 0) is 20.9 Å². The highest BCUT2D eigenvalue weighted by molar-refractivity contribution is 7.80. The van der Waals surface area contributed by atoms with Crippen LogP contribution < -0.4 is 5.32 Å². The van der Waals surface area contributed by atoms with Crippen molar-refractivity contribution in [1.82, 2.24) is 10.2 Å². The molecule has 1 aromatic carbocycles. The number of amides is 2. The number of carbonyl (C=O) groups is 4. The summed E-state index contributed by atoms with van der Waals surface area (Å²) in [5, 5.41) is 29.2. The fourth-order valence-electron chi connectivity index (χ4n) is 2.18. The summed E-state index contributed by atoms with van der Waals surface area (Å²) in [5.41, 5.74) is 0.414. The lowest BCUT2D eigenvalue weighted by atomic mass is 10.1. The van der Waals surface area contributed by atoms with E-state index in [-0.39, 0.29) is 18.7 Å². The van der Waals surface area contributed by atoms with Crippen molar-refractivity contribution >= 4 is 36.6 Å². The molecule has 0 aromatic heterocycles. The van der Waals surface area contributed by atoms with Crippen molar-refractivity contribution in [3.8, 4) is 0 Å². The number of urea groups is 1. The first-order valence-corrected chi connectivity index (χ1v) is 8.38. The van der Waals surface area contributed by atoms with Crippen LogP contribution in [0.5, 0.6) is 0 Å². The van der Waals surface area contributed by atoms with Crippen LogP contribution >= 0.6 is 12.6 Å². The van der Waals surface area contributed by atoms with E-state index in [0.717, 1.165) is 17.0 Å². The van der Waals surface area contributed by atoms with Crippen LogP contribution in [0, 0.1) is 5.82 Å². The van der Waals surface area contributed by atoms with Crippen molar-refractivity contribution in [3.05, 3.63) is 35.6 Å². The molecule has 0 fully saturated rings. The van der Waals surface area contributed by atoms with E-state index in [1.807, 2.05) is 0 Å². The Balaban J connectivity index is 3.03. The molecule has 27 heavy (non-hydrogen) atoms. The fourth-order valence-corrected chi connectivity index (χ4v) is 2.53. The minimum Gasteiger partial charge on any atom is -0.481 e. The fraction of sp³-hybridized carbons (Fsp3) is 0.375. The summed E-state index contributed by atoms with van der Waals surface area (Å²) in [6.07, 6.45) is -0.871. The van der Waals surface area contributed by atoms with Gasteiger partial charge in [0.25, 0.3) is 0 Å². The Labute approximate surface area is 159 Å². The molecule has 0 aliphatic rings. The second kappa shape index (κ2) is 10.4. The van der Waals surface area contributed by atoms with E-state index in [1.165, 1.54) is 12.1 Å². The van der Waals surface area contributed by atoms with Crippen molar-refractivity contribution in [2.75, 3.05) is 5.75 Å². The first kappa shape index (κ1) is 22.2. The highest BCUT2D eigenvalue weighted by Crippen LogP contribution is 2.13. The van der Waals surface area contributed by atoms with Crippen LogP contribution in [0.1, 0.15) is 18.4 Å². The molecule has 0 saturated heterocycles. The van der Waals surface area contributed by atoms with Crippen LogP contribution in [0.4, 0.5) is 9.18 Å². The predicted molar refractivity (Wildman–Crippen MR) is 94.0 cm³/mol. The average Bonchev–Trinajstić information content (AvgIpc) is 2.59. The molecule has 11 heteroatoms. The molecule has 9 nitrogen and oxygen atoms in total. The zero-order valence-electron chi connectivity index (χ0n) is 14.0. The first-order chi connectivity index (χ1) is 12.6. The van der Waals surface area contributed by atoms with E-state index in [4.69, 9.17) is 10.2 Å². The van der Waals surface area contributed by atoms with Crippen molar-refractivity contribution in [2.24, 2.45) is 0 Å². The zero-order chi connectivity index (χ0) is 20.6. The Morgan fingerprint density at radius 2 is 1.67 bits per heavy atom. The molecule has 0 bridgehead atoms. The van der Waals surface area contributed by atoms with Gasteiger partial charge >= 0.3 is 23.9 Å². The van der Waals surface area contributed by atoms with Gasteiger partial charge in [-0.2, -0.15) is 12.6 Å². The molecule has 2 amide bonds. The lowest BCUT2D eigenvalue weighted by Gasteiger charge is -2.29. The number of hydrogen-bond acceptors (Lipinski definition) is 5. The molecule has 0 aliphatic carbocycles. The Kier molecular flexibility index (Phi) is 8.52. The molecule has 2 unspecified atom stereocenters. The third-order valence-electron chi connectivity index (χ3n) is 3.60. The standard InChI is InChI=1S/C16H19FN2O7S/c17-10-3-1-9(2-4-10)7-19(12(8-27)15(24)25)16(26)18-11(14(22)23)5-6-13(20)21/h1-4,11-12,27H,5-8H2,(H,18,26)(H,20,21)(H,22,23)(H,24,25)/i17-1. The van der Waals surface area contributed by atoms with E-state index in [0.29, 0.717) is 5.56 Å². The molecular weight excluding hydrogens is 382 g/mol. The van der Waals surface area contributed by atoms with E-state index in [9.17, 15) is 28.7 Å². The predicted octanol–water partition coefficient (Wildman–Crippen LogP) is 1.04. The Morgan fingerprint density at radius 3 is 2.11 bits per heavy atom. The maximum Gasteiger partial charge on any atom is 0.327 e. The number of carboxylic acids is 3. The molecule has 4 N–H and O–H groups in total. The van der Waals surface area contributed by atoms with Gasteiger partial charge in [0, 0.05) is 18.7 Å². The van der Waals surface area contributed by atoms with Crippen LogP contribution in [0.25, 0.3) is 0 Å². The number of carbonyl (C=O) groups excluding carboxylic acids is 1. The van der Waals surface area contributed by atoms with Gasteiger partial charge < -0.3 is 25.5 Å². The normalized spacial score (nSPS) is 12.7. The number of rotatable bonds is 10. The number of aliphatic carboxylic acids is 3. The van der Waals surface area contributed by atoms with Gasteiger partial charge in [0.15, 0.2) is 0 Å². The monoisotopic (exact) mass is 401 g/mol. The Bertz CT molecular complexity index is 699. The van der Waals surface area contributed by atoms with Crippen LogP contribution in [0.15, 0.2) is 24.3 Å². The van der Waals surface area contributed by atoms with Crippen molar-refractivity contribution in [1.29, 1.82) is 0 Å². The Morgan fingerprint density at radius 1 is 1.07 bits per heavy atom. The molecule has 0 saturated carbocycles.